The Morgan fingerprint density at radius 2 is 1.65 bits per heavy atom. The smallest absolute Gasteiger partial charge is 0.302 e. The molecule has 0 saturated heterocycles. The average molecular weight is 225 g/mol. The van der Waals surface area contributed by atoms with E-state index < -0.39 is 0 Å². The van der Waals surface area contributed by atoms with Crippen molar-refractivity contribution in [2.45, 2.75) is 13.5 Å². The molecular formula is C15H13O2. The molecule has 0 saturated carbocycles. The number of carbonyl (C=O) groups is 1. The summed E-state index contributed by atoms with van der Waals surface area (Å²) in [6.07, 6.45) is 0. The van der Waals surface area contributed by atoms with Crippen LogP contribution in [-0.2, 0) is 16.1 Å². The van der Waals surface area contributed by atoms with Gasteiger partial charge in [-0.15, -0.1) is 0 Å². The number of ether oxygens (including phenoxy) is 1. The Bertz CT molecular complexity index is 486. The highest BCUT2D eigenvalue weighted by Crippen LogP contribution is 2.19. The molecule has 0 aromatic heterocycles. The zero-order valence-electron chi connectivity index (χ0n) is 9.64. The largest absolute Gasteiger partial charge is 0.461 e. The number of hydrogen-bond acceptors (Lipinski definition) is 2. The van der Waals surface area contributed by atoms with Crippen LogP contribution in [0.2, 0.25) is 0 Å². The van der Waals surface area contributed by atoms with E-state index in [1.165, 1.54) is 6.92 Å². The van der Waals surface area contributed by atoms with Gasteiger partial charge in [-0.2, -0.15) is 0 Å². The number of benzene rings is 2. The highest BCUT2D eigenvalue weighted by molar-refractivity contribution is 5.66. The molecule has 2 nitrogen and oxygen atoms in total. The Balaban J connectivity index is 2.11. The maximum atomic E-state index is 10.7. The van der Waals surface area contributed by atoms with Crippen LogP contribution in [0.1, 0.15) is 12.5 Å². The van der Waals surface area contributed by atoms with Gasteiger partial charge in [0.25, 0.3) is 0 Å². The highest BCUT2D eigenvalue weighted by atomic mass is 16.5. The molecule has 0 spiro atoms. The molecule has 1 radical (unpaired) electrons. The van der Waals surface area contributed by atoms with Crippen LogP contribution in [0, 0.1) is 6.07 Å². The topological polar surface area (TPSA) is 26.3 Å². The van der Waals surface area contributed by atoms with E-state index in [2.05, 4.69) is 6.07 Å². The minimum absolute atomic E-state index is 0.257. The van der Waals surface area contributed by atoms with Crippen LogP contribution in [0.5, 0.6) is 0 Å². The molecule has 0 aliphatic carbocycles. The summed E-state index contributed by atoms with van der Waals surface area (Å²) in [7, 11) is 0. The van der Waals surface area contributed by atoms with E-state index in [0.717, 1.165) is 16.7 Å². The van der Waals surface area contributed by atoms with Gasteiger partial charge in [0.2, 0.25) is 0 Å². The Kier molecular flexibility index (Phi) is 3.55. The van der Waals surface area contributed by atoms with Crippen LogP contribution >= 0.6 is 0 Å². The molecule has 0 heterocycles. The van der Waals surface area contributed by atoms with Gasteiger partial charge in [0.1, 0.15) is 6.61 Å². The molecule has 2 rings (SSSR count). The van der Waals surface area contributed by atoms with E-state index in [1.807, 2.05) is 48.5 Å². The summed E-state index contributed by atoms with van der Waals surface area (Å²) in [4.78, 5) is 10.7. The third-order valence-corrected chi connectivity index (χ3v) is 2.45. The number of rotatable bonds is 3. The molecule has 17 heavy (non-hydrogen) atoms. The van der Waals surface area contributed by atoms with E-state index in [9.17, 15) is 4.79 Å². The molecule has 2 aromatic carbocycles. The van der Waals surface area contributed by atoms with Gasteiger partial charge in [0.05, 0.1) is 0 Å². The van der Waals surface area contributed by atoms with Gasteiger partial charge < -0.3 is 4.74 Å². The van der Waals surface area contributed by atoms with Gasteiger partial charge in [0.15, 0.2) is 0 Å². The van der Waals surface area contributed by atoms with Crippen LogP contribution in [0.15, 0.2) is 48.5 Å². The molecule has 0 fully saturated rings. The number of carbonyl (C=O) groups excluding carboxylic acids is 1. The van der Waals surface area contributed by atoms with E-state index in [4.69, 9.17) is 4.74 Å². The fourth-order valence-corrected chi connectivity index (χ4v) is 1.56. The quantitative estimate of drug-likeness (QED) is 0.750. The summed E-state index contributed by atoms with van der Waals surface area (Å²) >= 11 is 0. The SMILES string of the molecule is CC(=O)OCc1ccc(-c2cc[c]cc2)cc1. The zero-order valence-corrected chi connectivity index (χ0v) is 9.64. The summed E-state index contributed by atoms with van der Waals surface area (Å²) in [5.41, 5.74) is 3.29. The molecule has 0 N–H and O–H groups in total. The maximum Gasteiger partial charge on any atom is 0.302 e. The lowest BCUT2D eigenvalue weighted by Crippen LogP contribution is -1.98. The molecule has 0 aliphatic heterocycles. The van der Waals surface area contributed by atoms with Crippen LogP contribution in [0.3, 0.4) is 0 Å². The van der Waals surface area contributed by atoms with Gasteiger partial charge in [-0.1, -0.05) is 48.5 Å². The maximum absolute atomic E-state index is 10.7. The Hall–Kier alpha value is -2.09. The van der Waals surface area contributed by atoms with Crippen LogP contribution in [0.4, 0.5) is 0 Å². The third kappa shape index (κ3) is 3.18. The Morgan fingerprint density at radius 1 is 1.06 bits per heavy atom. The normalized spacial score (nSPS) is 9.94. The van der Waals surface area contributed by atoms with Crippen molar-refractivity contribution in [3.63, 3.8) is 0 Å². The molecule has 0 aliphatic rings. The second-order valence-electron chi connectivity index (χ2n) is 3.77. The van der Waals surface area contributed by atoms with Crippen molar-refractivity contribution in [2.75, 3.05) is 0 Å². The van der Waals surface area contributed by atoms with Crippen molar-refractivity contribution in [1.29, 1.82) is 0 Å². The summed E-state index contributed by atoms with van der Waals surface area (Å²) in [6.45, 7) is 1.74. The lowest BCUT2D eigenvalue weighted by Gasteiger charge is -2.04. The first-order chi connectivity index (χ1) is 8.25. The van der Waals surface area contributed by atoms with Crippen LogP contribution in [0.25, 0.3) is 11.1 Å². The second-order valence-corrected chi connectivity index (χ2v) is 3.77. The van der Waals surface area contributed by atoms with Crippen molar-refractivity contribution in [3.05, 3.63) is 60.2 Å². The lowest BCUT2D eigenvalue weighted by molar-refractivity contribution is -0.142. The first-order valence-corrected chi connectivity index (χ1v) is 5.44. The third-order valence-electron chi connectivity index (χ3n) is 2.45. The van der Waals surface area contributed by atoms with E-state index in [-0.39, 0.29) is 5.97 Å². The van der Waals surface area contributed by atoms with Gasteiger partial charge in [0, 0.05) is 6.92 Å². The van der Waals surface area contributed by atoms with E-state index >= 15 is 0 Å². The molecule has 0 unspecified atom stereocenters. The monoisotopic (exact) mass is 225 g/mol. The minimum Gasteiger partial charge on any atom is -0.461 e. The van der Waals surface area contributed by atoms with Gasteiger partial charge in [-0.3, -0.25) is 4.79 Å². The first-order valence-electron chi connectivity index (χ1n) is 5.44. The number of esters is 1. The van der Waals surface area contributed by atoms with Crippen molar-refractivity contribution in [1.82, 2.24) is 0 Å². The molecule has 2 aromatic rings. The van der Waals surface area contributed by atoms with Crippen molar-refractivity contribution in [3.8, 4) is 11.1 Å². The number of hydrogen-bond donors (Lipinski definition) is 0. The molecule has 2 heteroatoms. The van der Waals surface area contributed by atoms with E-state index in [1.54, 1.807) is 0 Å². The van der Waals surface area contributed by atoms with Gasteiger partial charge >= 0.3 is 5.97 Å². The highest BCUT2D eigenvalue weighted by Gasteiger charge is 1.99. The minimum atomic E-state index is -0.257. The molecule has 0 bridgehead atoms. The fourth-order valence-electron chi connectivity index (χ4n) is 1.56. The summed E-state index contributed by atoms with van der Waals surface area (Å²) in [5, 5.41) is 0. The van der Waals surface area contributed by atoms with Crippen molar-refractivity contribution in [2.24, 2.45) is 0 Å². The summed E-state index contributed by atoms with van der Waals surface area (Å²) in [6, 6.07) is 18.8. The van der Waals surface area contributed by atoms with Crippen molar-refractivity contribution >= 4 is 5.97 Å². The van der Waals surface area contributed by atoms with Gasteiger partial charge in [-0.25, -0.2) is 0 Å². The van der Waals surface area contributed by atoms with E-state index in [0.29, 0.717) is 6.61 Å². The summed E-state index contributed by atoms with van der Waals surface area (Å²) in [5.74, 6) is -0.257. The Labute approximate surface area is 101 Å². The average Bonchev–Trinajstić information content (AvgIpc) is 2.38. The standard InChI is InChI=1S/C15H13O2/c1-12(16)17-11-13-7-9-15(10-8-13)14-5-3-2-4-6-14/h3-10H,11H2,1H3. The lowest BCUT2D eigenvalue weighted by atomic mass is 10.0. The Morgan fingerprint density at radius 3 is 2.24 bits per heavy atom. The molecule has 0 amide bonds. The molecule has 0 atom stereocenters. The molecule has 85 valence electrons. The first kappa shape index (κ1) is 11.4. The predicted molar refractivity (Wildman–Crippen MR) is 66.2 cm³/mol. The zero-order chi connectivity index (χ0) is 12.1. The van der Waals surface area contributed by atoms with Crippen LogP contribution < -0.4 is 0 Å². The second kappa shape index (κ2) is 5.30. The van der Waals surface area contributed by atoms with Crippen molar-refractivity contribution < 1.29 is 9.53 Å². The predicted octanol–water partition coefficient (Wildman–Crippen LogP) is 3.22. The molecular weight excluding hydrogens is 212 g/mol. The van der Waals surface area contributed by atoms with Gasteiger partial charge in [-0.05, 0) is 22.8 Å². The fraction of sp³-hybridized carbons (Fsp3) is 0.133. The van der Waals surface area contributed by atoms with Crippen LogP contribution in [-0.4, -0.2) is 5.97 Å². The summed E-state index contributed by atoms with van der Waals surface area (Å²) < 4.78 is 4.93.